The molecule has 4 heteroatoms. The first kappa shape index (κ1) is 11.0. The van der Waals surface area contributed by atoms with Crippen LogP contribution in [0.3, 0.4) is 0 Å². The number of aromatic nitrogens is 1. The number of rotatable bonds is 2. The summed E-state index contributed by atoms with van der Waals surface area (Å²) in [5.74, 6) is 2.10. The third kappa shape index (κ3) is 2.15. The van der Waals surface area contributed by atoms with Crippen molar-refractivity contribution in [3.05, 3.63) is 40.8 Å². The van der Waals surface area contributed by atoms with Crippen molar-refractivity contribution in [3.8, 4) is 11.3 Å². The molecule has 1 atom stereocenters. The molecule has 1 aromatic heterocycles. The molecule has 1 fully saturated rings. The van der Waals surface area contributed by atoms with Crippen LogP contribution < -0.4 is 5.32 Å². The Morgan fingerprint density at radius 1 is 1.35 bits per heavy atom. The van der Waals surface area contributed by atoms with Crippen LogP contribution in [-0.2, 0) is 0 Å². The third-order valence-corrected chi connectivity index (χ3v) is 3.76. The van der Waals surface area contributed by atoms with Crippen LogP contribution in [0.4, 0.5) is 0 Å². The number of nitrogens with one attached hydrogen (secondary N) is 1. The Morgan fingerprint density at radius 2 is 2.24 bits per heavy atom. The molecule has 2 heterocycles. The van der Waals surface area contributed by atoms with Gasteiger partial charge in [-0.05, 0) is 19.0 Å². The second kappa shape index (κ2) is 4.63. The van der Waals surface area contributed by atoms with Gasteiger partial charge in [-0.1, -0.05) is 34.1 Å². The molecule has 1 aromatic carbocycles. The molecule has 1 aliphatic heterocycles. The summed E-state index contributed by atoms with van der Waals surface area (Å²) < 4.78 is 6.89. The molecule has 1 unspecified atom stereocenters. The Morgan fingerprint density at radius 3 is 3.00 bits per heavy atom. The molecule has 1 N–H and O–H groups in total. The van der Waals surface area contributed by atoms with E-state index < -0.39 is 0 Å². The van der Waals surface area contributed by atoms with Gasteiger partial charge in [0.05, 0.1) is 6.20 Å². The van der Waals surface area contributed by atoms with Crippen LogP contribution in [-0.4, -0.2) is 18.1 Å². The minimum Gasteiger partial charge on any atom is -0.440 e. The smallest absolute Gasteiger partial charge is 0.199 e. The molecule has 3 nitrogen and oxygen atoms in total. The highest BCUT2D eigenvalue weighted by atomic mass is 79.9. The van der Waals surface area contributed by atoms with E-state index in [0.29, 0.717) is 5.92 Å². The molecule has 88 valence electrons. The summed E-state index contributed by atoms with van der Waals surface area (Å²) in [4.78, 5) is 4.39. The average Bonchev–Trinajstić information content (AvgIpc) is 3.00. The SMILES string of the molecule is Brc1ccccc1-c1cnc(C2CCNC2)o1. The zero-order valence-corrected chi connectivity index (χ0v) is 10.9. The normalized spacial score (nSPS) is 19.7. The summed E-state index contributed by atoms with van der Waals surface area (Å²) in [6, 6.07) is 8.03. The van der Waals surface area contributed by atoms with Crippen molar-refractivity contribution in [2.75, 3.05) is 13.1 Å². The fraction of sp³-hybridized carbons (Fsp3) is 0.308. The van der Waals surface area contributed by atoms with Crippen LogP contribution in [0.15, 0.2) is 39.4 Å². The van der Waals surface area contributed by atoms with E-state index in [-0.39, 0.29) is 0 Å². The maximum absolute atomic E-state index is 5.85. The Labute approximate surface area is 108 Å². The van der Waals surface area contributed by atoms with Gasteiger partial charge in [0.25, 0.3) is 0 Å². The first-order chi connectivity index (χ1) is 8.34. The van der Waals surface area contributed by atoms with E-state index >= 15 is 0 Å². The van der Waals surface area contributed by atoms with E-state index in [1.807, 2.05) is 30.5 Å². The van der Waals surface area contributed by atoms with Crippen molar-refractivity contribution in [2.45, 2.75) is 12.3 Å². The maximum Gasteiger partial charge on any atom is 0.199 e. The summed E-state index contributed by atoms with van der Waals surface area (Å²) in [6.45, 7) is 2.02. The molecule has 2 aromatic rings. The number of oxazole rings is 1. The van der Waals surface area contributed by atoms with Gasteiger partial charge in [-0.25, -0.2) is 4.98 Å². The van der Waals surface area contributed by atoms with Gasteiger partial charge >= 0.3 is 0 Å². The lowest BCUT2D eigenvalue weighted by atomic mass is 10.1. The first-order valence-electron chi connectivity index (χ1n) is 5.76. The minimum absolute atomic E-state index is 0.422. The molecule has 0 bridgehead atoms. The van der Waals surface area contributed by atoms with Crippen molar-refractivity contribution in [2.24, 2.45) is 0 Å². The topological polar surface area (TPSA) is 38.1 Å². The second-order valence-corrected chi connectivity index (χ2v) is 5.09. The Hall–Kier alpha value is -1.13. The minimum atomic E-state index is 0.422. The monoisotopic (exact) mass is 292 g/mol. The predicted octanol–water partition coefficient (Wildman–Crippen LogP) is 3.18. The largest absolute Gasteiger partial charge is 0.440 e. The summed E-state index contributed by atoms with van der Waals surface area (Å²) >= 11 is 3.53. The molecule has 17 heavy (non-hydrogen) atoms. The summed E-state index contributed by atoms with van der Waals surface area (Å²) in [6.07, 6.45) is 2.92. The van der Waals surface area contributed by atoms with Crippen LogP contribution in [0, 0.1) is 0 Å². The zero-order valence-electron chi connectivity index (χ0n) is 9.32. The van der Waals surface area contributed by atoms with Crippen molar-refractivity contribution < 1.29 is 4.42 Å². The summed E-state index contributed by atoms with van der Waals surface area (Å²) in [5, 5.41) is 3.32. The van der Waals surface area contributed by atoms with E-state index in [2.05, 4.69) is 26.2 Å². The molecule has 0 saturated carbocycles. The number of hydrogen-bond acceptors (Lipinski definition) is 3. The van der Waals surface area contributed by atoms with Gasteiger partial charge in [0, 0.05) is 22.5 Å². The Bertz CT molecular complexity index is 518. The quantitative estimate of drug-likeness (QED) is 0.924. The molecular weight excluding hydrogens is 280 g/mol. The summed E-state index contributed by atoms with van der Waals surface area (Å²) in [5.41, 5.74) is 1.05. The van der Waals surface area contributed by atoms with Gasteiger partial charge in [-0.15, -0.1) is 0 Å². The van der Waals surface area contributed by atoms with Crippen LogP contribution in [0.2, 0.25) is 0 Å². The highest BCUT2D eigenvalue weighted by Gasteiger charge is 2.22. The third-order valence-electron chi connectivity index (χ3n) is 3.07. The Balaban J connectivity index is 1.92. The van der Waals surface area contributed by atoms with Crippen molar-refractivity contribution in [1.82, 2.24) is 10.3 Å². The molecule has 1 aliphatic rings. The highest BCUT2D eigenvalue weighted by Crippen LogP contribution is 2.31. The standard InChI is InChI=1S/C13H13BrN2O/c14-11-4-2-1-3-10(11)12-8-16-13(17-12)9-5-6-15-7-9/h1-4,8-9,15H,5-7H2. The average molecular weight is 293 g/mol. The zero-order chi connectivity index (χ0) is 11.7. The van der Waals surface area contributed by atoms with Gasteiger partial charge in [0.2, 0.25) is 0 Å². The van der Waals surface area contributed by atoms with Gasteiger partial charge in [0.1, 0.15) is 0 Å². The predicted molar refractivity (Wildman–Crippen MR) is 69.9 cm³/mol. The van der Waals surface area contributed by atoms with E-state index in [0.717, 1.165) is 41.2 Å². The molecule has 0 aliphatic carbocycles. The van der Waals surface area contributed by atoms with E-state index in [1.54, 1.807) is 0 Å². The molecule has 0 amide bonds. The van der Waals surface area contributed by atoms with Gasteiger partial charge < -0.3 is 9.73 Å². The van der Waals surface area contributed by atoms with E-state index in [9.17, 15) is 0 Å². The van der Waals surface area contributed by atoms with Gasteiger partial charge in [-0.3, -0.25) is 0 Å². The van der Waals surface area contributed by atoms with Crippen LogP contribution >= 0.6 is 15.9 Å². The van der Waals surface area contributed by atoms with Crippen molar-refractivity contribution in [3.63, 3.8) is 0 Å². The lowest BCUT2D eigenvalue weighted by Gasteiger charge is -2.02. The fourth-order valence-electron chi connectivity index (χ4n) is 2.13. The number of hydrogen-bond donors (Lipinski definition) is 1. The van der Waals surface area contributed by atoms with Crippen molar-refractivity contribution in [1.29, 1.82) is 0 Å². The lowest BCUT2D eigenvalue weighted by Crippen LogP contribution is -2.07. The molecule has 0 spiro atoms. The summed E-state index contributed by atoms with van der Waals surface area (Å²) in [7, 11) is 0. The Kier molecular flexibility index (Phi) is 2.99. The van der Waals surface area contributed by atoms with Gasteiger partial charge in [-0.2, -0.15) is 0 Å². The van der Waals surface area contributed by atoms with Crippen LogP contribution in [0.25, 0.3) is 11.3 Å². The van der Waals surface area contributed by atoms with Crippen molar-refractivity contribution >= 4 is 15.9 Å². The van der Waals surface area contributed by atoms with Crippen LogP contribution in [0.1, 0.15) is 18.2 Å². The lowest BCUT2D eigenvalue weighted by molar-refractivity contribution is 0.467. The second-order valence-electron chi connectivity index (χ2n) is 4.23. The molecular formula is C13H13BrN2O. The number of nitrogens with zero attached hydrogens (tertiary/aromatic N) is 1. The van der Waals surface area contributed by atoms with Gasteiger partial charge in [0.15, 0.2) is 11.7 Å². The number of halogens is 1. The molecule has 0 radical (unpaired) electrons. The highest BCUT2D eigenvalue weighted by molar-refractivity contribution is 9.10. The first-order valence-corrected chi connectivity index (χ1v) is 6.55. The van der Waals surface area contributed by atoms with E-state index in [4.69, 9.17) is 4.42 Å². The van der Waals surface area contributed by atoms with E-state index in [1.165, 1.54) is 0 Å². The number of benzene rings is 1. The van der Waals surface area contributed by atoms with Crippen LogP contribution in [0.5, 0.6) is 0 Å². The molecule has 3 rings (SSSR count). The maximum atomic E-state index is 5.85. The fourth-order valence-corrected chi connectivity index (χ4v) is 2.61. The molecule has 1 saturated heterocycles.